The second kappa shape index (κ2) is 7.65. The van der Waals surface area contributed by atoms with Gasteiger partial charge in [0.05, 0.1) is 18.2 Å². The van der Waals surface area contributed by atoms with E-state index in [9.17, 15) is 4.79 Å². The van der Waals surface area contributed by atoms with E-state index in [1.165, 1.54) is 6.08 Å². The van der Waals surface area contributed by atoms with E-state index in [4.69, 9.17) is 14.7 Å². The van der Waals surface area contributed by atoms with Crippen LogP contribution in [0.5, 0.6) is 11.5 Å². The summed E-state index contributed by atoms with van der Waals surface area (Å²) in [5.41, 5.74) is 1.36. The van der Waals surface area contributed by atoms with Gasteiger partial charge in [0.1, 0.15) is 11.5 Å². The van der Waals surface area contributed by atoms with Crippen molar-refractivity contribution < 1.29 is 14.3 Å². The lowest BCUT2D eigenvalue weighted by Crippen LogP contribution is -1.98. The van der Waals surface area contributed by atoms with Gasteiger partial charge in [-0.15, -0.1) is 0 Å². The van der Waals surface area contributed by atoms with Crippen molar-refractivity contribution >= 4 is 12.0 Å². The maximum Gasteiger partial charge on any atom is 0.330 e. The smallest absolute Gasteiger partial charge is 0.330 e. The minimum absolute atomic E-state index is 0.349. The summed E-state index contributed by atoms with van der Waals surface area (Å²) >= 11 is 0. The maximum absolute atomic E-state index is 11.3. The minimum Gasteiger partial charge on any atom is -0.463 e. The van der Waals surface area contributed by atoms with Crippen LogP contribution in [0.25, 0.3) is 6.08 Å². The highest BCUT2D eigenvalue weighted by molar-refractivity contribution is 5.87. The van der Waals surface area contributed by atoms with Crippen LogP contribution in [0.15, 0.2) is 54.6 Å². The number of rotatable bonds is 5. The first kappa shape index (κ1) is 15.3. The maximum atomic E-state index is 11.3. The summed E-state index contributed by atoms with van der Waals surface area (Å²) in [6.07, 6.45) is 3.04. The van der Waals surface area contributed by atoms with Crippen molar-refractivity contribution in [3.05, 3.63) is 65.7 Å². The Hall–Kier alpha value is -3.06. The molecule has 0 saturated heterocycles. The number of nitrogens with zero attached hydrogens (tertiary/aromatic N) is 1. The van der Waals surface area contributed by atoms with Crippen LogP contribution < -0.4 is 4.74 Å². The van der Waals surface area contributed by atoms with Crippen molar-refractivity contribution in [3.63, 3.8) is 0 Å². The van der Waals surface area contributed by atoms with Gasteiger partial charge in [0, 0.05) is 6.08 Å². The molecule has 0 atom stereocenters. The molecule has 0 amide bonds. The number of ether oxygens (including phenoxy) is 2. The Kier molecular flexibility index (Phi) is 5.33. The van der Waals surface area contributed by atoms with Crippen LogP contribution in [0.1, 0.15) is 18.1 Å². The topological polar surface area (TPSA) is 59.3 Å². The number of hydrogen-bond acceptors (Lipinski definition) is 4. The molecule has 22 heavy (non-hydrogen) atoms. The molecule has 4 nitrogen and oxygen atoms in total. The Morgan fingerprint density at radius 2 is 1.91 bits per heavy atom. The summed E-state index contributed by atoms with van der Waals surface area (Å²) < 4.78 is 10.5. The van der Waals surface area contributed by atoms with Crippen molar-refractivity contribution in [1.29, 1.82) is 5.26 Å². The van der Waals surface area contributed by atoms with E-state index < -0.39 is 0 Å². The van der Waals surface area contributed by atoms with Gasteiger partial charge >= 0.3 is 5.97 Å². The van der Waals surface area contributed by atoms with Gasteiger partial charge in [-0.05, 0) is 48.9 Å². The second-order valence-electron chi connectivity index (χ2n) is 4.40. The first-order valence-electron chi connectivity index (χ1n) is 6.84. The van der Waals surface area contributed by atoms with Crippen LogP contribution in [0, 0.1) is 11.3 Å². The molecular weight excluding hydrogens is 278 g/mol. The molecule has 0 spiro atoms. The molecule has 0 aliphatic heterocycles. The second-order valence-corrected chi connectivity index (χ2v) is 4.40. The molecule has 0 N–H and O–H groups in total. The Morgan fingerprint density at radius 3 is 2.64 bits per heavy atom. The van der Waals surface area contributed by atoms with Gasteiger partial charge in [0.2, 0.25) is 0 Å². The van der Waals surface area contributed by atoms with Gasteiger partial charge in [-0.2, -0.15) is 5.26 Å². The molecule has 2 aromatic carbocycles. The van der Waals surface area contributed by atoms with Crippen LogP contribution in [-0.4, -0.2) is 12.6 Å². The third-order valence-electron chi connectivity index (χ3n) is 2.76. The predicted molar refractivity (Wildman–Crippen MR) is 83.3 cm³/mol. The third kappa shape index (κ3) is 4.50. The van der Waals surface area contributed by atoms with Gasteiger partial charge in [-0.1, -0.05) is 18.2 Å². The normalized spacial score (nSPS) is 10.2. The number of benzene rings is 2. The van der Waals surface area contributed by atoms with Crippen LogP contribution in [0.4, 0.5) is 0 Å². The van der Waals surface area contributed by atoms with Crippen LogP contribution in [0.3, 0.4) is 0 Å². The van der Waals surface area contributed by atoms with E-state index in [1.54, 1.807) is 49.4 Å². The Balaban J connectivity index is 2.11. The van der Waals surface area contributed by atoms with Gasteiger partial charge in [-0.3, -0.25) is 0 Å². The summed E-state index contributed by atoms with van der Waals surface area (Å²) in [7, 11) is 0. The number of esters is 1. The van der Waals surface area contributed by atoms with E-state index >= 15 is 0 Å². The quantitative estimate of drug-likeness (QED) is 0.619. The first-order valence-corrected chi connectivity index (χ1v) is 6.84. The van der Waals surface area contributed by atoms with Gasteiger partial charge < -0.3 is 9.47 Å². The summed E-state index contributed by atoms with van der Waals surface area (Å²) in [4.78, 5) is 11.3. The number of nitriles is 1. The zero-order chi connectivity index (χ0) is 15.8. The molecule has 0 unspecified atom stereocenters. The van der Waals surface area contributed by atoms with Gasteiger partial charge in [-0.25, -0.2) is 4.79 Å². The SMILES string of the molecule is CCOC(=O)/C=C/c1cccc(Oc2cccc(C#N)c2)c1. The number of carbonyl (C=O) groups is 1. The Morgan fingerprint density at radius 1 is 1.18 bits per heavy atom. The van der Waals surface area contributed by atoms with Crippen LogP contribution in [-0.2, 0) is 9.53 Å². The number of carbonyl (C=O) groups excluding carboxylic acids is 1. The standard InChI is InChI=1S/C18H15NO3/c1-2-21-18(20)10-9-14-5-3-7-16(11-14)22-17-8-4-6-15(12-17)13-19/h3-12H,2H2,1H3/b10-9+. The molecule has 0 fully saturated rings. The Labute approximate surface area is 129 Å². The fraction of sp³-hybridized carbons (Fsp3) is 0.111. The zero-order valence-electron chi connectivity index (χ0n) is 12.2. The average molecular weight is 293 g/mol. The van der Waals surface area contributed by atoms with Crippen molar-refractivity contribution in [3.8, 4) is 17.6 Å². The van der Waals surface area contributed by atoms with Crippen molar-refractivity contribution in [1.82, 2.24) is 0 Å². The zero-order valence-corrected chi connectivity index (χ0v) is 12.2. The van der Waals surface area contributed by atoms with E-state index in [1.807, 2.05) is 12.1 Å². The molecule has 110 valence electrons. The molecule has 4 heteroatoms. The van der Waals surface area contributed by atoms with Gasteiger partial charge in [0.15, 0.2) is 0 Å². The molecule has 0 aromatic heterocycles. The highest BCUT2D eigenvalue weighted by atomic mass is 16.5. The molecule has 0 aliphatic rings. The molecule has 0 saturated carbocycles. The van der Waals surface area contributed by atoms with E-state index in [2.05, 4.69) is 6.07 Å². The lowest BCUT2D eigenvalue weighted by molar-refractivity contribution is -0.137. The molecule has 2 rings (SSSR count). The highest BCUT2D eigenvalue weighted by Gasteiger charge is 2.00. The van der Waals surface area contributed by atoms with Crippen molar-refractivity contribution in [2.75, 3.05) is 6.61 Å². The van der Waals surface area contributed by atoms with Crippen LogP contribution in [0.2, 0.25) is 0 Å². The van der Waals surface area contributed by atoms with Crippen molar-refractivity contribution in [2.24, 2.45) is 0 Å². The molecular formula is C18H15NO3. The molecule has 0 radical (unpaired) electrons. The van der Waals surface area contributed by atoms with E-state index in [-0.39, 0.29) is 5.97 Å². The first-order chi connectivity index (χ1) is 10.7. The van der Waals surface area contributed by atoms with E-state index in [0.29, 0.717) is 23.7 Å². The minimum atomic E-state index is -0.379. The Bertz CT molecular complexity index is 729. The van der Waals surface area contributed by atoms with Crippen LogP contribution >= 0.6 is 0 Å². The lowest BCUT2D eigenvalue weighted by Gasteiger charge is -2.06. The number of hydrogen-bond donors (Lipinski definition) is 0. The van der Waals surface area contributed by atoms with Gasteiger partial charge in [0.25, 0.3) is 0 Å². The van der Waals surface area contributed by atoms with E-state index in [0.717, 1.165) is 5.56 Å². The summed E-state index contributed by atoms with van der Waals surface area (Å²) in [5.74, 6) is 0.835. The molecule has 0 heterocycles. The molecule has 0 aliphatic carbocycles. The fourth-order valence-corrected chi connectivity index (χ4v) is 1.80. The molecule has 2 aromatic rings. The third-order valence-corrected chi connectivity index (χ3v) is 2.76. The van der Waals surface area contributed by atoms with Crippen molar-refractivity contribution in [2.45, 2.75) is 6.92 Å². The fourth-order valence-electron chi connectivity index (χ4n) is 1.80. The highest BCUT2D eigenvalue weighted by Crippen LogP contribution is 2.23. The predicted octanol–water partition coefficient (Wildman–Crippen LogP) is 3.93. The summed E-state index contributed by atoms with van der Waals surface area (Å²) in [6, 6.07) is 16.3. The monoisotopic (exact) mass is 293 g/mol. The molecule has 0 bridgehead atoms. The summed E-state index contributed by atoms with van der Waals surface area (Å²) in [5, 5.41) is 8.88. The lowest BCUT2D eigenvalue weighted by atomic mass is 10.2. The average Bonchev–Trinajstić information content (AvgIpc) is 2.54. The summed E-state index contributed by atoms with van der Waals surface area (Å²) in [6.45, 7) is 2.11. The largest absolute Gasteiger partial charge is 0.463 e.